The Morgan fingerprint density at radius 2 is 1.87 bits per heavy atom. The van der Waals surface area contributed by atoms with Crippen molar-refractivity contribution in [1.29, 1.82) is 5.26 Å². The van der Waals surface area contributed by atoms with Gasteiger partial charge in [0, 0.05) is 6.54 Å². The number of nitrogens with one attached hydrogen (secondary N) is 1. The molecule has 0 unspecified atom stereocenters. The summed E-state index contributed by atoms with van der Waals surface area (Å²) >= 11 is 0. The van der Waals surface area contributed by atoms with E-state index in [0.717, 1.165) is 11.1 Å². The molecule has 0 aliphatic rings. The summed E-state index contributed by atoms with van der Waals surface area (Å²) in [6, 6.07) is 13.6. The molecule has 2 aromatic carbocycles. The summed E-state index contributed by atoms with van der Waals surface area (Å²) in [5, 5.41) is 30.5. The summed E-state index contributed by atoms with van der Waals surface area (Å²) in [6.45, 7) is 2.30. The van der Waals surface area contributed by atoms with Crippen LogP contribution < -0.4 is 5.32 Å². The van der Waals surface area contributed by atoms with Crippen LogP contribution in [0.25, 0.3) is 6.08 Å². The number of aryl methyl sites for hydroxylation is 1. The van der Waals surface area contributed by atoms with Gasteiger partial charge < -0.3 is 15.5 Å². The lowest BCUT2D eigenvalue weighted by Crippen LogP contribution is -2.23. The third-order valence-electron chi connectivity index (χ3n) is 3.25. The van der Waals surface area contributed by atoms with Gasteiger partial charge >= 0.3 is 0 Å². The molecule has 2 aromatic rings. The zero-order valence-corrected chi connectivity index (χ0v) is 12.6. The quantitative estimate of drug-likeness (QED) is 0.460. The van der Waals surface area contributed by atoms with E-state index in [0.29, 0.717) is 12.1 Å². The molecule has 5 heteroatoms. The predicted octanol–water partition coefficient (Wildman–Crippen LogP) is 2.63. The van der Waals surface area contributed by atoms with E-state index < -0.39 is 5.91 Å². The van der Waals surface area contributed by atoms with Crippen LogP contribution in [0, 0.1) is 18.3 Å². The number of aromatic hydroxyl groups is 2. The summed E-state index contributed by atoms with van der Waals surface area (Å²) < 4.78 is 0. The van der Waals surface area contributed by atoms with Crippen molar-refractivity contribution in [3.8, 4) is 17.6 Å². The molecule has 0 aliphatic carbocycles. The fourth-order valence-electron chi connectivity index (χ4n) is 1.93. The van der Waals surface area contributed by atoms with E-state index in [1.165, 1.54) is 24.3 Å². The monoisotopic (exact) mass is 308 g/mol. The fraction of sp³-hybridized carbons (Fsp3) is 0.111. The van der Waals surface area contributed by atoms with Crippen molar-refractivity contribution in [1.82, 2.24) is 5.32 Å². The number of amides is 1. The SMILES string of the molecule is Cc1ccc(CNC(=O)C(C#N)=Cc2ccc(O)c(O)c2)cc1. The summed E-state index contributed by atoms with van der Waals surface area (Å²) in [5.41, 5.74) is 2.43. The Hall–Kier alpha value is -3.26. The topological polar surface area (TPSA) is 93.4 Å². The van der Waals surface area contributed by atoms with Gasteiger partial charge in [0.25, 0.3) is 5.91 Å². The van der Waals surface area contributed by atoms with Crippen molar-refractivity contribution in [2.45, 2.75) is 13.5 Å². The first-order valence-corrected chi connectivity index (χ1v) is 6.97. The molecule has 23 heavy (non-hydrogen) atoms. The van der Waals surface area contributed by atoms with Gasteiger partial charge in [-0.25, -0.2) is 0 Å². The largest absolute Gasteiger partial charge is 0.504 e. The molecular formula is C18H16N2O3. The van der Waals surface area contributed by atoms with Gasteiger partial charge in [-0.05, 0) is 36.3 Å². The molecule has 5 nitrogen and oxygen atoms in total. The highest BCUT2D eigenvalue weighted by atomic mass is 16.3. The lowest BCUT2D eigenvalue weighted by atomic mass is 10.1. The molecule has 0 fully saturated rings. The maximum Gasteiger partial charge on any atom is 0.262 e. The van der Waals surface area contributed by atoms with E-state index in [1.807, 2.05) is 37.3 Å². The van der Waals surface area contributed by atoms with E-state index in [2.05, 4.69) is 5.32 Å². The Morgan fingerprint density at radius 3 is 2.48 bits per heavy atom. The highest BCUT2D eigenvalue weighted by Gasteiger charge is 2.09. The molecule has 0 radical (unpaired) electrons. The van der Waals surface area contributed by atoms with Crippen molar-refractivity contribution in [2.75, 3.05) is 0 Å². The van der Waals surface area contributed by atoms with E-state index in [9.17, 15) is 15.0 Å². The number of nitrogens with zero attached hydrogens (tertiary/aromatic N) is 1. The van der Waals surface area contributed by atoms with E-state index >= 15 is 0 Å². The molecule has 0 saturated carbocycles. The Morgan fingerprint density at radius 1 is 1.17 bits per heavy atom. The number of rotatable bonds is 4. The van der Waals surface area contributed by atoms with E-state index in [4.69, 9.17) is 5.26 Å². The van der Waals surface area contributed by atoms with Gasteiger partial charge in [0.15, 0.2) is 11.5 Å². The van der Waals surface area contributed by atoms with Crippen LogP contribution >= 0.6 is 0 Å². The molecule has 116 valence electrons. The Kier molecular flexibility index (Phi) is 5.00. The van der Waals surface area contributed by atoms with Gasteiger partial charge in [-0.15, -0.1) is 0 Å². The number of hydrogen-bond donors (Lipinski definition) is 3. The molecule has 3 N–H and O–H groups in total. The molecule has 0 aromatic heterocycles. The molecule has 0 bridgehead atoms. The molecule has 0 aliphatic heterocycles. The van der Waals surface area contributed by atoms with Gasteiger partial charge in [0.2, 0.25) is 0 Å². The average Bonchev–Trinajstić information content (AvgIpc) is 2.55. The van der Waals surface area contributed by atoms with Crippen molar-refractivity contribution >= 4 is 12.0 Å². The number of hydrogen-bond acceptors (Lipinski definition) is 4. The second-order valence-electron chi connectivity index (χ2n) is 5.09. The van der Waals surface area contributed by atoms with Gasteiger partial charge in [-0.1, -0.05) is 35.9 Å². The van der Waals surface area contributed by atoms with Crippen LogP contribution in [0.5, 0.6) is 11.5 Å². The number of carbonyl (C=O) groups is 1. The number of phenols is 2. The second-order valence-corrected chi connectivity index (χ2v) is 5.09. The number of benzene rings is 2. The van der Waals surface area contributed by atoms with Gasteiger partial charge in [-0.2, -0.15) is 5.26 Å². The number of nitriles is 1. The first-order chi connectivity index (χ1) is 11.0. The predicted molar refractivity (Wildman–Crippen MR) is 86.4 cm³/mol. The summed E-state index contributed by atoms with van der Waals surface area (Å²) in [4.78, 5) is 12.1. The van der Waals surface area contributed by atoms with Crippen LogP contribution in [0.4, 0.5) is 0 Å². The standard InChI is InChI=1S/C18H16N2O3/c1-12-2-4-13(5-3-12)11-20-18(23)15(10-19)8-14-6-7-16(21)17(22)9-14/h2-9,21-22H,11H2,1H3,(H,20,23). The summed E-state index contributed by atoms with van der Waals surface area (Å²) in [6.07, 6.45) is 1.35. The normalized spacial score (nSPS) is 10.9. The Balaban J connectivity index is 2.08. The highest BCUT2D eigenvalue weighted by Crippen LogP contribution is 2.25. The van der Waals surface area contributed by atoms with Crippen molar-refractivity contribution in [3.05, 3.63) is 64.7 Å². The lowest BCUT2D eigenvalue weighted by molar-refractivity contribution is -0.117. The summed E-state index contributed by atoms with van der Waals surface area (Å²) in [5.74, 6) is -1.07. The third kappa shape index (κ3) is 4.35. The van der Waals surface area contributed by atoms with Crippen LogP contribution in [0.3, 0.4) is 0 Å². The molecular weight excluding hydrogens is 292 g/mol. The first-order valence-electron chi connectivity index (χ1n) is 6.97. The first kappa shape index (κ1) is 16.1. The fourth-order valence-corrected chi connectivity index (χ4v) is 1.93. The second kappa shape index (κ2) is 7.14. The van der Waals surface area contributed by atoms with Crippen LogP contribution in [-0.2, 0) is 11.3 Å². The molecule has 0 saturated heterocycles. The lowest BCUT2D eigenvalue weighted by Gasteiger charge is -2.05. The third-order valence-corrected chi connectivity index (χ3v) is 3.25. The smallest absolute Gasteiger partial charge is 0.262 e. The van der Waals surface area contributed by atoms with Gasteiger partial charge in [0.1, 0.15) is 11.6 Å². The summed E-state index contributed by atoms with van der Waals surface area (Å²) in [7, 11) is 0. The Labute approximate surface area is 134 Å². The average molecular weight is 308 g/mol. The van der Waals surface area contributed by atoms with Crippen LogP contribution in [-0.4, -0.2) is 16.1 Å². The maximum atomic E-state index is 12.1. The molecule has 0 heterocycles. The zero-order chi connectivity index (χ0) is 16.8. The van der Waals surface area contributed by atoms with Crippen molar-refractivity contribution in [2.24, 2.45) is 0 Å². The highest BCUT2D eigenvalue weighted by molar-refractivity contribution is 6.01. The minimum atomic E-state index is -0.499. The number of carbonyl (C=O) groups excluding carboxylic acids is 1. The molecule has 1 amide bonds. The molecule has 0 spiro atoms. The van der Waals surface area contributed by atoms with Gasteiger partial charge in [-0.3, -0.25) is 4.79 Å². The molecule has 2 rings (SSSR count). The van der Waals surface area contributed by atoms with Crippen LogP contribution in [0.15, 0.2) is 48.0 Å². The van der Waals surface area contributed by atoms with Crippen molar-refractivity contribution < 1.29 is 15.0 Å². The zero-order valence-electron chi connectivity index (χ0n) is 12.6. The van der Waals surface area contributed by atoms with E-state index in [1.54, 1.807) is 0 Å². The van der Waals surface area contributed by atoms with Gasteiger partial charge in [0.05, 0.1) is 0 Å². The molecule has 0 atom stereocenters. The van der Waals surface area contributed by atoms with Crippen LogP contribution in [0.2, 0.25) is 0 Å². The number of phenolic OH excluding ortho intramolecular Hbond substituents is 2. The van der Waals surface area contributed by atoms with Crippen LogP contribution in [0.1, 0.15) is 16.7 Å². The minimum absolute atomic E-state index is 0.0813. The van der Waals surface area contributed by atoms with Crippen molar-refractivity contribution in [3.63, 3.8) is 0 Å². The van der Waals surface area contributed by atoms with E-state index in [-0.39, 0.29) is 17.1 Å². The minimum Gasteiger partial charge on any atom is -0.504 e. The Bertz CT molecular complexity index is 787. The maximum absolute atomic E-state index is 12.1.